The van der Waals surface area contributed by atoms with E-state index in [0.717, 1.165) is 18.6 Å². The Hall–Kier alpha value is -0.720. The highest BCUT2D eigenvalue weighted by Crippen LogP contribution is 2.03. The lowest BCUT2D eigenvalue weighted by Gasteiger charge is -2.00. The summed E-state index contributed by atoms with van der Waals surface area (Å²) in [6.07, 6.45) is 8.18. The second-order valence-electron chi connectivity index (χ2n) is 2.06. The SMILES string of the molecule is C/C=C\C/C(=C\CC)OC. The van der Waals surface area contributed by atoms with Crippen molar-refractivity contribution in [1.82, 2.24) is 0 Å². The first-order valence-corrected chi connectivity index (χ1v) is 3.69. The first kappa shape index (κ1) is 9.28. The largest absolute Gasteiger partial charge is 0.501 e. The molecule has 0 aromatic heterocycles. The van der Waals surface area contributed by atoms with E-state index >= 15 is 0 Å². The van der Waals surface area contributed by atoms with Gasteiger partial charge in [0.15, 0.2) is 0 Å². The van der Waals surface area contributed by atoms with E-state index in [9.17, 15) is 0 Å². The van der Waals surface area contributed by atoms with Crippen molar-refractivity contribution in [1.29, 1.82) is 0 Å². The predicted molar refractivity (Wildman–Crippen MR) is 44.8 cm³/mol. The fraction of sp³-hybridized carbons (Fsp3) is 0.556. The van der Waals surface area contributed by atoms with Crippen LogP contribution in [-0.4, -0.2) is 7.11 Å². The van der Waals surface area contributed by atoms with Gasteiger partial charge in [-0.05, 0) is 19.4 Å². The quantitative estimate of drug-likeness (QED) is 0.431. The van der Waals surface area contributed by atoms with Crippen LogP contribution in [0.1, 0.15) is 26.7 Å². The number of hydrogen-bond acceptors (Lipinski definition) is 1. The van der Waals surface area contributed by atoms with E-state index in [2.05, 4.69) is 19.1 Å². The summed E-state index contributed by atoms with van der Waals surface area (Å²) in [7, 11) is 1.71. The number of methoxy groups -OCH3 is 1. The molecule has 0 aliphatic heterocycles. The zero-order valence-electron chi connectivity index (χ0n) is 7.05. The lowest BCUT2D eigenvalue weighted by molar-refractivity contribution is 0.283. The molecule has 10 heavy (non-hydrogen) atoms. The van der Waals surface area contributed by atoms with Gasteiger partial charge in [-0.3, -0.25) is 0 Å². The fourth-order valence-electron chi connectivity index (χ4n) is 0.712. The Morgan fingerprint density at radius 3 is 2.60 bits per heavy atom. The third kappa shape index (κ3) is 4.19. The molecule has 0 radical (unpaired) electrons. The van der Waals surface area contributed by atoms with E-state index < -0.39 is 0 Å². The van der Waals surface area contributed by atoms with Gasteiger partial charge in [0, 0.05) is 6.42 Å². The van der Waals surface area contributed by atoms with Crippen LogP contribution in [0.15, 0.2) is 24.0 Å². The van der Waals surface area contributed by atoms with Gasteiger partial charge in [0.1, 0.15) is 0 Å². The molecule has 0 saturated carbocycles. The molecule has 0 aliphatic carbocycles. The van der Waals surface area contributed by atoms with E-state index in [1.54, 1.807) is 7.11 Å². The molecule has 0 bridgehead atoms. The maximum Gasteiger partial charge on any atom is 0.0953 e. The average molecular weight is 140 g/mol. The van der Waals surface area contributed by atoms with E-state index in [4.69, 9.17) is 4.74 Å². The second-order valence-corrected chi connectivity index (χ2v) is 2.06. The van der Waals surface area contributed by atoms with Crippen LogP contribution in [0.2, 0.25) is 0 Å². The molecule has 0 spiro atoms. The van der Waals surface area contributed by atoms with Crippen molar-refractivity contribution in [2.75, 3.05) is 7.11 Å². The van der Waals surface area contributed by atoms with Gasteiger partial charge in [0.25, 0.3) is 0 Å². The van der Waals surface area contributed by atoms with E-state index in [-0.39, 0.29) is 0 Å². The summed E-state index contributed by atoms with van der Waals surface area (Å²) in [5.41, 5.74) is 0. The molecule has 58 valence electrons. The van der Waals surface area contributed by atoms with Crippen molar-refractivity contribution in [2.24, 2.45) is 0 Å². The molecule has 0 rings (SSSR count). The molecule has 0 aliphatic rings. The summed E-state index contributed by atoms with van der Waals surface area (Å²) in [5, 5.41) is 0. The van der Waals surface area contributed by atoms with Gasteiger partial charge in [0.2, 0.25) is 0 Å². The summed E-state index contributed by atoms with van der Waals surface area (Å²) in [4.78, 5) is 0. The Labute approximate surface area is 63.4 Å². The van der Waals surface area contributed by atoms with Crippen LogP contribution in [0.3, 0.4) is 0 Å². The molecule has 0 amide bonds. The third-order valence-corrected chi connectivity index (χ3v) is 1.25. The molecular weight excluding hydrogens is 124 g/mol. The Morgan fingerprint density at radius 1 is 1.50 bits per heavy atom. The van der Waals surface area contributed by atoms with Gasteiger partial charge < -0.3 is 4.74 Å². The summed E-state index contributed by atoms with van der Waals surface area (Å²) in [5.74, 6) is 1.06. The van der Waals surface area contributed by atoms with Crippen molar-refractivity contribution >= 4 is 0 Å². The molecule has 1 heteroatoms. The van der Waals surface area contributed by atoms with Crippen molar-refractivity contribution in [3.8, 4) is 0 Å². The van der Waals surface area contributed by atoms with Crippen LogP contribution in [-0.2, 0) is 4.74 Å². The van der Waals surface area contributed by atoms with Crippen LogP contribution in [0.25, 0.3) is 0 Å². The Morgan fingerprint density at radius 2 is 2.20 bits per heavy atom. The number of ether oxygens (including phenoxy) is 1. The summed E-state index contributed by atoms with van der Waals surface area (Å²) in [6, 6.07) is 0. The van der Waals surface area contributed by atoms with E-state index in [1.807, 2.05) is 13.0 Å². The fourth-order valence-corrected chi connectivity index (χ4v) is 0.712. The standard InChI is InChI=1S/C9H16O/c1-4-6-8-9(10-3)7-5-2/h4,6-7H,5,8H2,1-3H3/b6-4-,9-7+. The van der Waals surface area contributed by atoms with Crippen molar-refractivity contribution < 1.29 is 4.74 Å². The molecular formula is C9H16O. The van der Waals surface area contributed by atoms with Crippen LogP contribution >= 0.6 is 0 Å². The molecule has 0 atom stereocenters. The monoisotopic (exact) mass is 140 g/mol. The van der Waals surface area contributed by atoms with Crippen molar-refractivity contribution in [3.05, 3.63) is 24.0 Å². The van der Waals surface area contributed by atoms with Gasteiger partial charge in [-0.1, -0.05) is 19.1 Å². The van der Waals surface area contributed by atoms with Gasteiger partial charge >= 0.3 is 0 Å². The summed E-state index contributed by atoms with van der Waals surface area (Å²) >= 11 is 0. The summed E-state index contributed by atoms with van der Waals surface area (Å²) < 4.78 is 5.10. The topological polar surface area (TPSA) is 9.23 Å². The molecule has 0 aromatic rings. The number of rotatable bonds is 4. The highest BCUT2D eigenvalue weighted by molar-refractivity contribution is 4.99. The third-order valence-electron chi connectivity index (χ3n) is 1.25. The van der Waals surface area contributed by atoms with Crippen LogP contribution < -0.4 is 0 Å². The molecule has 1 nitrogen and oxygen atoms in total. The summed E-state index contributed by atoms with van der Waals surface area (Å²) in [6.45, 7) is 4.12. The highest BCUT2D eigenvalue weighted by atomic mass is 16.5. The van der Waals surface area contributed by atoms with Gasteiger partial charge in [-0.15, -0.1) is 0 Å². The minimum atomic E-state index is 0.918. The van der Waals surface area contributed by atoms with E-state index in [0.29, 0.717) is 0 Å². The second kappa shape index (κ2) is 6.40. The number of hydrogen-bond donors (Lipinski definition) is 0. The molecule has 0 N–H and O–H groups in total. The van der Waals surface area contributed by atoms with E-state index in [1.165, 1.54) is 0 Å². The maximum absolute atomic E-state index is 5.10. The average Bonchev–Trinajstić information content (AvgIpc) is 1.98. The van der Waals surface area contributed by atoms with Gasteiger partial charge in [-0.25, -0.2) is 0 Å². The van der Waals surface area contributed by atoms with Crippen molar-refractivity contribution in [3.63, 3.8) is 0 Å². The predicted octanol–water partition coefficient (Wildman–Crippen LogP) is 2.89. The zero-order valence-corrected chi connectivity index (χ0v) is 7.05. The van der Waals surface area contributed by atoms with Crippen LogP contribution in [0.4, 0.5) is 0 Å². The number of allylic oxidation sites excluding steroid dienone is 3. The Kier molecular flexibility index (Phi) is 5.94. The lowest BCUT2D eigenvalue weighted by Crippen LogP contribution is -1.83. The van der Waals surface area contributed by atoms with Crippen LogP contribution in [0, 0.1) is 0 Å². The Balaban J connectivity index is 3.71. The zero-order chi connectivity index (χ0) is 7.82. The molecule has 0 saturated heterocycles. The first-order valence-electron chi connectivity index (χ1n) is 3.69. The normalized spacial score (nSPS) is 12.5. The smallest absolute Gasteiger partial charge is 0.0953 e. The minimum Gasteiger partial charge on any atom is -0.501 e. The maximum atomic E-state index is 5.10. The minimum absolute atomic E-state index is 0.918. The first-order chi connectivity index (χ1) is 4.85. The lowest BCUT2D eigenvalue weighted by atomic mass is 10.3. The molecule has 0 unspecified atom stereocenters. The van der Waals surface area contributed by atoms with Crippen LogP contribution in [0.5, 0.6) is 0 Å². The van der Waals surface area contributed by atoms with Gasteiger partial charge in [-0.2, -0.15) is 0 Å². The molecule has 0 aromatic carbocycles. The highest BCUT2D eigenvalue weighted by Gasteiger charge is 1.88. The molecule has 0 fully saturated rings. The molecule has 0 heterocycles. The van der Waals surface area contributed by atoms with Crippen molar-refractivity contribution in [2.45, 2.75) is 26.7 Å². The van der Waals surface area contributed by atoms with Gasteiger partial charge in [0.05, 0.1) is 12.9 Å². The Bertz CT molecular complexity index is 123.